The van der Waals surface area contributed by atoms with Gasteiger partial charge >= 0.3 is 11.7 Å². The van der Waals surface area contributed by atoms with Crippen LogP contribution in [-0.2, 0) is 18.9 Å². The number of hydrogen-bond donors (Lipinski definition) is 2. The second-order valence-electron chi connectivity index (χ2n) is 5.36. The summed E-state index contributed by atoms with van der Waals surface area (Å²) in [6.45, 7) is 0. The topological polar surface area (TPSA) is 93.3 Å². The van der Waals surface area contributed by atoms with Crippen molar-refractivity contribution in [2.75, 3.05) is 5.32 Å². The quantitative estimate of drug-likeness (QED) is 0.852. The summed E-state index contributed by atoms with van der Waals surface area (Å²) in [6.07, 6.45) is 1.49. The summed E-state index contributed by atoms with van der Waals surface area (Å²) in [5.41, 5.74) is 0.263. The molecule has 23 heavy (non-hydrogen) atoms. The maximum absolute atomic E-state index is 12.4. The van der Waals surface area contributed by atoms with E-state index in [2.05, 4.69) is 5.32 Å². The number of fused-ring (bicyclic) bond motifs is 1. The van der Waals surface area contributed by atoms with Crippen molar-refractivity contribution >= 4 is 17.5 Å². The number of carboxylic acids is 1. The highest BCUT2D eigenvalue weighted by Gasteiger charge is 2.32. The van der Waals surface area contributed by atoms with E-state index in [1.54, 1.807) is 0 Å². The predicted octanol–water partition coefficient (Wildman–Crippen LogP) is 0.719. The average Bonchev–Trinajstić information content (AvgIpc) is 2.57. The second kappa shape index (κ2) is 5.28. The number of anilines is 1. The lowest BCUT2D eigenvalue weighted by atomic mass is 9.94. The van der Waals surface area contributed by atoms with Crippen molar-refractivity contribution < 1.29 is 9.90 Å². The van der Waals surface area contributed by atoms with Crippen LogP contribution >= 0.6 is 0 Å². The van der Waals surface area contributed by atoms with E-state index in [-0.39, 0.29) is 11.4 Å². The molecule has 0 spiro atoms. The molecular formula is C16H15N3O4. The van der Waals surface area contributed by atoms with Crippen molar-refractivity contribution in [3.8, 4) is 0 Å². The standard InChI is InChI=1S/C16H15N3O4/c1-18-13-12(14(20)19(2)16(18)23)10(15(21)22)8-11(17-13)9-6-4-3-5-7-9/h3-8,10,17H,1-2H3,(H,21,22). The van der Waals surface area contributed by atoms with Crippen LogP contribution in [0.2, 0.25) is 0 Å². The fourth-order valence-corrected chi connectivity index (χ4v) is 2.70. The van der Waals surface area contributed by atoms with Gasteiger partial charge in [0.05, 0.1) is 5.56 Å². The van der Waals surface area contributed by atoms with Gasteiger partial charge in [-0.15, -0.1) is 0 Å². The molecule has 2 aromatic rings. The van der Waals surface area contributed by atoms with Gasteiger partial charge in [0.2, 0.25) is 0 Å². The van der Waals surface area contributed by atoms with Gasteiger partial charge in [-0.05, 0) is 11.6 Å². The summed E-state index contributed by atoms with van der Waals surface area (Å²) in [6, 6.07) is 9.14. The first-order chi connectivity index (χ1) is 10.9. The average molecular weight is 313 g/mol. The van der Waals surface area contributed by atoms with Gasteiger partial charge in [0.25, 0.3) is 5.56 Å². The Morgan fingerprint density at radius 3 is 2.39 bits per heavy atom. The number of nitrogens with one attached hydrogen (secondary N) is 1. The van der Waals surface area contributed by atoms with Crippen LogP contribution in [0.3, 0.4) is 0 Å². The Kier molecular flexibility index (Phi) is 3.40. The Hall–Kier alpha value is -3.09. The fraction of sp³-hybridized carbons (Fsp3) is 0.188. The molecule has 1 atom stereocenters. The van der Waals surface area contributed by atoms with E-state index in [4.69, 9.17) is 0 Å². The van der Waals surface area contributed by atoms with Gasteiger partial charge in [0.1, 0.15) is 11.7 Å². The first-order valence-electron chi connectivity index (χ1n) is 6.98. The molecule has 2 heterocycles. The summed E-state index contributed by atoms with van der Waals surface area (Å²) in [5, 5.41) is 12.5. The minimum atomic E-state index is -1.14. The monoisotopic (exact) mass is 313 g/mol. The lowest BCUT2D eigenvalue weighted by molar-refractivity contribution is -0.137. The normalized spacial score (nSPS) is 16.3. The molecule has 0 bridgehead atoms. The largest absolute Gasteiger partial charge is 0.481 e. The minimum absolute atomic E-state index is 0.0572. The zero-order valence-electron chi connectivity index (χ0n) is 12.6. The lowest BCUT2D eigenvalue weighted by Gasteiger charge is -2.25. The highest BCUT2D eigenvalue weighted by atomic mass is 16.4. The van der Waals surface area contributed by atoms with E-state index in [9.17, 15) is 19.5 Å². The number of benzene rings is 1. The van der Waals surface area contributed by atoms with Gasteiger partial charge in [-0.3, -0.25) is 18.7 Å². The molecule has 0 amide bonds. The Balaban J connectivity index is 2.29. The molecule has 118 valence electrons. The number of aromatic nitrogens is 2. The third-order valence-electron chi connectivity index (χ3n) is 3.95. The van der Waals surface area contributed by atoms with Crippen LogP contribution in [0.25, 0.3) is 5.70 Å². The zero-order chi connectivity index (χ0) is 16.7. The van der Waals surface area contributed by atoms with Crippen molar-refractivity contribution in [2.45, 2.75) is 5.92 Å². The van der Waals surface area contributed by atoms with E-state index >= 15 is 0 Å². The third-order valence-corrected chi connectivity index (χ3v) is 3.95. The zero-order valence-corrected chi connectivity index (χ0v) is 12.6. The van der Waals surface area contributed by atoms with Gasteiger partial charge in [0, 0.05) is 19.8 Å². The molecule has 0 fully saturated rings. The van der Waals surface area contributed by atoms with Crippen molar-refractivity contribution in [1.82, 2.24) is 9.13 Å². The van der Waals surface area contributed by atoms with Crippen LogP contribution in [0.4, 0.5) is 5.82 Å². The van der Waals surface area contributed by atoms with Crippen molar-refractivity contribution in [1.29, 1.82) is 0 Å². The first-order valence-corrected chi connectivity index (χ1v) is 6.98. The highest BCUT2D eigenvalue weighted by molar-refractivity contribution is 5.90. The molecule has 1 aromatic heterocycles. The fourth-order valence-electron chi connectivity index (χ4n) is 2.70. The van der Waals surface area contributed by atoms with E-state index in [0.29, 0.717) is 5.70 Å². The number of carbonyl (C=O) groups is 1. The minimum Gasteiger partial charge on any atom is -0.481 e. The molecule has 0 aliphatic carbocycles. The molecule has 1 aliphatic heterocycles. The molecular weight excluding hydrogens is 298 g/mol. The molecule has 0 radical (unpaired) electrons. The molecule has 1 aliphatic rings. The van der Waals surface area contributed by atoms with Crippen LogP contribution < -0.4 is 16.6 Å². The Morgan fingerprint density at radius 1 is 1.13 bits per heavy atom. The van der Waals surface area contributed by atoms with E-state index in [1.165, 1.54) is 24.7 Å². The van der Waals surface area contributed by atoms with Gasteiger partial charge in [0.15, 0.2) is 0 Å². The molecule has 1 unspecified atom stereocenters. The van der Waals surface area contributed by atoms with Gasteiger partial charge < -0.3 is 10.4 Å². The van der Waals surface area contributed by atoms with E-state index in [1.807, 2.05) is 30.3 Å². The van der Waals surface area contributed by atoms with E-state index < -0.39 is 23.1 Å². The number of aliphatic carboxylic acids is 1. The highest BCUT2D eigenvalue weighted by Crippen LogP contribution is 2.32. The van der Waals surface area contributed by atoms with Crippen LogP contribution in [0.5, 0.6) is 0 Å². The summed E-state index contributed by atoms with van der Waals surface area (Å²) >= 11 is 0. The molecule has 2 N–H and O–H groups in total. The number of rotatable bonds is 2. The lowest BCUT2D eigenvalue weighted by Crippen LogP contribution is -2.42. The Labute approximate surface area is 131 Å². The van der Waals surface area contributed by atoms with Gasteiger partial charge in [-0.2, -0.15) is 0 Å². The maximum atomic E-state index is 12.4. The third kappa shape index (κ3) is 2.26. The van der Waals surface area contributed by atoms with Gasteiger partial charge in [-0.1, -0.05) is 30.3 Å². The number of carboxylic acid groups (broad SMARTS) is 1. The van der Waals surface area contributed by atoms with E-state index in [0.717, 1.165) is 10.1 Å². The molecule has 0 saturated carbocycles. The summed E-state index contributed by atoms with van der Waals surface area (Å²) in [5.74, 6) is -2.05. The van der Waals surface area contributed by atoms with Crippen LogP contribution in [0.1, 0.15) is 17.0 Å². The Morgan fingerprint density at radius 2 is 1.78 bits per heavy atom. The molecule has 3 rings (SSSR count). The van der Waals surface area contributed by atoms with Gasteiger partial charge in [-0.25, -0.2) is 4.79 Å². The Bertz CT molecular complexity index is 938. The van der Waals surface area contributed by atoms with Crippen LogP contribution in [0.15, 0.2) is 46.0 Å². The second-order valence-corrected chi connectivity index (χ2v) is 5.36. The van der Waals surface area contributed by atoms with Crippen LogP contribution in [-0.4, -0.2) is 20.2 Å². The van der Waals surface area contributed by atoms with Crippen molar-refractivity contribution in [3.63, 3.8) is 0 Å². The number of hydrogen-bond acceptors (Lipinski definition) is 4. The summed E-state index contributed by atoms with van der Waals surface area (Å²) in [7, 11) is 2.83. The molecule has 7 nitrogen and oxygen atoms in total. The number of nitrogens with zero attached hydrogens (tertiary/aromatic N) is 2. The molecule has 0 saturated heterocycles. The SMILES string of the molecule is Cn1c2c(c(=O)n(C)c1=O)C(C(=O)O)C=C(c1ccccc1)N2. The maximum Gasteiger partial charge on any atom is 0.332 e. The van der Waals surface area contributed by atoms with Crippen molar-refractivity contribution in [3.05, 3.63) is 68.4 Å². The van der Waals surface area contributed by atoms with Crippen LogP contribution in [0, 0.1) is 0 Å². The summed E-state index contributed by atoms with van der Waals surface area (Å²) in [4.78, 5) is 36.1. The van der Waals surface area contributed by atoms with Crippen molar-refractivity contribution in [2.24, 2.45) is 14.1 Å². The molecule has 1 aromatic carbocycles. The summed E-state index contributed by atoms with van der Waals surface area (Å²) < 4.78 is 2.17. The molecule has 7 heteroatoms. The first kappa shape index (κ1) is 14.8. The smallest absolute Gasteiger partial charge is 0.332 e. The predicted molar refractivity (Wildman–Crippen MR) is 85.3 cm³/mol.